The lowest BCUT2D eigenvalue weighted by Gasteiger charge is -2.25. The molecule has 0 radical (unpaired) electrons. The van der Waals surface area contributed by atoms with Crippen LogP contribution >= 0.6 is 23.4 Å². The molecule has 0 saturated carbocycles. The van der Waals surface area contributed by atoms with E-state index in [1.807, 2.05) is 24.0 Å². The van der Waals surface area contributed by atoms with Gasteiger partial charge in [0.2, 0.25) is 0 Å². The summed E-state index contributed by atoms with van der Waals surface area (Å²) < 4.78 is 23.5. The first-order valence-electron chi connectivity index (χ1n) is 5.89. The van der Waals surface area contributed by atoms with Crippen LogP contribution < -0.4 is 4.90 Å². The van der Waals surface area contributed by atoms with E-state index >= 15 is 0 Å². The molecule has 2 fully saturated rings. The van der Waals surface area contributed by atoms with Gasteiger partial charge < -0.3 is 4.90 Å². The van der Waals surface area contributed by atoms with E-state index in [2.05, 4.69) is 0 Å². The minimum absolute atomic E-state index is 0.0316. The Morgan fingerprint density at radius 1 is 1.42 bits per heavy atom. The van der Waals surface area contributed by atoms with Gasteiger partial charge in [-0.2, -0.15) is 0 Å². The Hall–Kier alpha value is -0.720. The number of anilines is 1. The number of rotatable bonds is 1. The first-order valence-corrected chi connectivity index (χ1v) is 8.97. The Morgan fingerprint density at radius 2 is 2.16 bits per heavy atom. The van der Waals surface area contributed by atoms with Crippen molar-refractivity contribution in [2.75, 3.05) is 16.4 Å². The van der Waals surface area contributed by atoms with Crippen LogP contribution in [-0.2, 0) is 9.84 Å². The number of thioether (sulfide) groups is 1. The van der Waals surface area contributed by atoms with Crippen molar-refractivity contribution in [2.24, 2.45) is 0 Å². The van der Waals surface area contributed by atoms with Crippen molar-refractivity contribution in [2.45, 2.75) is 18.2 Å². The zero-order valence-corrected chi connectivity index (χ0v) is 12.6. The van der Waals surface area contributed by atoms with Gasteiger partial charge in [-0.3, -0.25) is 5.41 Å². The third-order valence-corrected chi connectivity index (χ3v) is 7.12. The monoisotopic (exact) mass is 316 g/mol. The van der Waals surface area contributed by atoms with E-state index in [9.17, 15) is 8.42 Å². The number of hydrogen-bond donors (Lipinski definition) is 1. The Morgan fingerprint density at radius 3 is 2.89 bits per heavy atom. The van der Waals surface area contributed by atoms with Gasteiger partial charge in [0.15, 0.2) is 15.0 Å². The van der Waals surface area contributed by atoms with Crippen LogP contribution in [0.25, 0.3) is 0 Å². The summed E-state index contributed by atoms with van der Waals surface area (Å²) in [6, 6.07) is 5.39. The zero-order chi connectivity index (χ0) is 13.8. The van der Waals surface area contributed by atoms with Crippen molar-refractivity contribution in [3.63, 3.8) is 0 Å². The second-order valence-electron chi connectivity index (χ2n) is 4.86. The highest BCUT2D eigenvalue weighted by molar-refractivity contribution is 8.15. The number of nitrogens with one attached hydrogen (secondary N) is 1. The molecule has 1 aromatic carbocycles. The predicted molar refractivity (Wildman–Crippen MR) is 80.2 cm³/mol. The number of halogens is 1. The van der Waals surface area contributed by atoms with Crippen LogP contribution in [0.1, 0.15) is 5.56 Å². The molecule has 0 aromatic heterocycles. The maximum absolute atomic E-state index is 11.7. The van der Waals surface area contributed by atoms with Crippen molar-refractivity contribution < 1.29 is 8.42 Å². The molecule has 1 N–H and O–H groups in total. The number of fused-ring (bicyclic) bond motifs is 1. The maximum Gasteiger partial charge on any atom is 0.161 e. The second kappa shape index (κ2) is 4.40. The smallest absolute Gasteiger partial charge is 0.161 e. The fourth-order valence-corrected chi connectivity index (χ4v) is 6.60. The largest absolute Gasteiger partial charge is 0.316 e. The van der Waals surface area contributed by atoms with E-state index in [1.165, 1.54) is 11.8 Å². The van der Waals surface area contributed by atoms with Crippen molar-refractivity contribution in [1.29, 1.82) is 5.41 Å². The molecular weight excluding hydrogens is 304 g/mol. The topological polar surface area (TPSA) is 61.2 Å². The van der Waals surface area contributed by atoms with Crippen molar-refractivity contribution in [3.05, 3.63) is 28.8 Å². The standard InChI is InChI=1S/C12H13ClN2O2S2/c1-7-8(13)3-2-4-9(7)15-10-5-19(16,17)6-11(10)18-12(15)14/h2-4,10-11,14H,5-6H2,1H3/t10-,11+/m1/s1. The summed E-state index contributed by atoms with van der Waals surface area (Å²) in [7, 11) is -2.98. The van der Waals surface area contributed by atoms with Gasteiger partial charge in [0, 0.05) is 16.0 Å². The third kappa shape index (κ3) is 2.15. The fourth-order valence-electron chi connectivity index (χ4n) is 2.65. The van der Waals surface area contributed by atoms with Crippen molar-refractivity contribution in [3.8, 4) is 0 Å². The van der Waals surface area contributed by atoms with Crippen LogP contribution in [0, 0.1) is 12.3 Å². The highest BCUT2D eigenvalue weighted by Gasteiger charge is 2.48. The number of sulfone groups is 1. The minimum atomic E-state index is -2.98. The Balaban J connectivity index is 2.05. The summed E-state index contributed by atoms with van der Waals surface area (Å²) in [4.78, 5) is 1.82. The van der Waals surface area contributed by atoms with E-state index in [-0.39, 0.29) is 22.8 Å². The molecular formula is C12H13ClN2O2S2. The molecule has 2 saturated heterocycles. The zero-order valence-electron chi connectivity index (χ0n) is 10.3. The quantitative estimate of drug-likeness (QED) is 0.863. The fraction of sp³-hybridized carbons (Fsp3) is 0.417. The van der Waals surface area contributed by atoms with Gasteiger partial charge in [0.05, 0.1) is 17.5 Å². The molecule has 0 aliphatic carbocycles. The van der Waals surface area contributed by atoms with Gasteiger partial charge in [0.1, 0.15) is 0 Å². The Bertz CT molecular complexity index is 660. The Kier molecular flexibility index (Phi) is 3.07. The van der Waals surface area contributed by atoms with Gasteiger partial charge >= 0.3 is 0 Å². The number of benzene rings is 1. The molecule has 4 nitrogen and oxygen atoms in total. The molecule has 1 aromatic rings. The molecule has 2 heterocycles. The van der Waals surface area contributed by atoms with E-state index in [0.29, 0.717) is 10.2 Å². The summed E-state index contributed by atoms with van der Waals surface area (Å²) in [5.41, 5.74) is 1.73. The summed E-state index contributed by atoms with van der Waals surface area (Å²) in [6.45, 7) is 1.90. The molecule has 0 amide bonds. The van der Waals surface area contributed by atoms with Crippen LogP contribution in [0.5, 0.6) is 0 Å². The van der Waals surface area contributed by atoms with Crippen LogP contribution in [0.3, 0.4) is 0 Å². The van der Waals surface area contributed by atoms with Crippen LogP contribution in [0.2, 0.25) is 5.02 Å². The first-order chi connectivity index (χ1) is 8.89. The summed E-state index contributed by atoms with van der Waals surface area (Å²) in [5, 5.41) is 9.11. The Labute approximate surface area is 121 Å². The van der Waals surface area contributed by atoms with E-state index < -0.39 is 9.84 Å². The highest BCUT2D eigenvalue weighted by atomic mass is 35.5. The molecule has 0 unspecified atom stereocenters. The molecule has 2 aliphatic heterocycles. The van der Waals surface area contributed by atoms with Crippen LogP contribution in [0.4, 0.5) is 5.69 Å². The SMILES string of the molecule is Cc1c(Cl)cccc1N1C(=N)S[C@H]2CS(=O)(=O)C[C@H]21. The van der Waals surface area contributed by atoms with Gasteiger partial charge in [-0.05, 0) is 24.6 Å². The molecule has 7 heteroatoms. The molecule has 0 bridgehead atoms. The minimum Gasteiger partial charge on any atom is -0.316 e. The van der Waals surface area contributed by atoms with E-state index in [1.54, 1.807) is 6.07 Å². The van der Waals surface area contributed by atoms with Crippen molar-refractivity contribution in [1.82, 2.24) is 0 Å². The van der Waals surface area contributed by atoms with Gasteiger partial charge in [0.25, 0.3) is 0 Å². The van der Waals surface area contributed by atoms with Gasteiger partial charge in [-0.15, -0.1) is 0 Å². The third-order valence-electron chi connectivity index (χ3n) is 3.58. The molecule has 19 heavy (non-hydrogen) atoms. The summed E-state index contributed by atoms with van der Waals surface area (Å²) >= 11 is 7.46. The molecule has 3 rings (SSSR count). The molecule has 102 valence electrons. The van der Waals surface area contributed by atoms with Crippen LogP contribution in [-0.4, -0.2) is 36.4 Å². The molecule has 2 aliphatic rings. The normalized spacial score (nSPS) is 28.7. The lowest BCUT2D eigenvalue weighted by Crippen LogP contribution is -2.37. The van der Waals surface area contributed by atoms with E-state index in [4.69, 9.17) is 17.0 Å². The lowest BCUT2D eigenvalue weighted by atomic mass is 10.1. The van der Waals surface area contributed by atoms with Crippen LogP contribution in [0.15, 0.2) is 18.2 Å². The van der Waals surface area contributed by atoms with Gasteiger partial charge in [-0.25, -0.2) is 8.42 Å². The molecule has 0 spiro atoms. The average Bonchev–Trinajstić information content (AvgIpc) is 2.73. The maximum atomic E-state index is 11.7. The molecule has 2 atom stereocenters. The number of hydrogen-bond acceptors (Lipinski definition) is 4. The average molecular weight is 317 g/mol. The number of nitrogens with zero attached hydrogens (tertiary/aromatic N) is 1. The van der Waals surface area contributed by atoms with Crippen molar-refractivity contribution >= 4 is 44.1 Å². The first kappa shape index (κ1) is 13.3. The highest BCUT2D eigenvalue weighted by Crippen LogP contribution is 2.42. The second-order valence-corrected chi connectivity index (χ2v) is 8.65. The summed E-state index contributed by atoms with van der Waals surface area (Å²) in [6.07, 6.45) is 0. The predicted octanol–water partition coefficient (Wildman–Crippen LogP) is 2.30. The van der Waals surface area contributed by atoms with E-state index in [0.717, 1.165) is 11.3 Å². The summed E-state index contributed by atoms with van der Waals surface area (Å²) in [5.74, 6) is 0.291. The lowest BCUT2D eigenvalue weighted by molar-refractivity contribution is 0.601. The van der Waals surface area contributed by atoms with Gasteiger partial charge in [-0.1, -0.05) is 29.4 Å². The number of amidine groups is 1.